The SMILES string of the molecule is O=c1nccc(N(O)O)[nH]1. The number of rotatable bonds is 1. The van der Waals surface area contributed by atoms with Crippen molar-refractivity contribution in [3.05, 3.63) is 22.7 Å². The van der Waals surface area contributed by atoms with Crippen molar-refractivity contribution in [2.45, 2.75) is 0 Å². The Bertz CT molecular complexity index is 268. The van der Waals surface area contributed by atoms with Crippen LogP contribution in [0, 0.1) is 0 Å². The van der Waals surface area contributed by atoms with E-state index >= 15 is 0 Å². The first-order valence-electron chi connectivity index (χ1n) is 2.43. The molecule has 1 heterocycles. The van der Waals surface area contributed by atoms with Crippen molar-refractivity contribution in [1.82, 2.24) is 9.97 Å². The maximum absolute atomic E-state index is 10.4. The highest BCUT2D eigenvalue weighted by molar-refractivity contribution is 5.27. The Morgan fingerprint density at radius 3 is 2.70 bits per heavy atom. The monoisotopic (exact) mass is 143 g/mol. The van der Waals surface area contributed by atoms with Crippen molar-refractivity contribution in [3.8, 4) is 0 Å². The Kier molecular flexibility index (Phi) is 1.65. The summed E-state index contributed by atoms with van der Waals surface area (Å²) < 4.78 is 0. The van der Waals surface area contributed by atoms with Gasteiger partial charge in [-0.1, -0.05) is 0 Å². The zero-order valence-electron chi connectivity index (χ0n) is 4.85. The van der Waals surface area contributed by atoms with Crippen LogP contribution in [0.15, 0.2) is 17.1 Å². The van der Waals surface area contributed by atoms with Gasteiger partial charge in [0.25, 0.3) is 0 Å². The number of nitrogens with one attached hydrogen (secondary N) is 1. The molecule has 0 amide bonds. The molecule has 0 aliphatic carbocycles. The molecule has 0 aliphatic heterocycles. The van der Waals surface area contributed by atoms with E-state index in [9.17, 15) is 4.79 Å². The summed E-state index contributed by atoms with van der Waals surface area (Å²) in [6.45, 7) is 0. The zero-order chi connectivity index (χ0) is 7.56. The third-order valence-electron chi connectivity index (χ3n) is 0.875. The van der Waals surface area contributed by atoms with Crippen molar-refractivity contribution >= 4 is 5.82 Å². The van der Waals surface area contributed by atoms with Crippen molar-refractivity contribution in [2.24, 2.45) is 0 Å². The van der Waals surface area contributed by atoms with E-state index in [0.717, 1.165) is 6.20 Å². The first-order chi connectivity index (χ1) is 4.70. The van der Waals surface area contributed by atoms with Gasteiger partial charge in [0.1, 0.15) is 0 Å². The molecule has 0 spiro atoms. The van der Waals surface area contributed by atoms with E-state index in [1.54, 1.807) is 0 Å². The minimum Gasteiger partial charge on any atom is -0.288 e. The van der Waals surface area contributed by atoms with E-state index < -0.39 is 5.69 Å². The normalized spacial score (nSPS) is 9.40. The van der Waals surface area contributed by atoms with Gasteiger partial charge in [-0.25, -0.2) is 9.78 Å². The van der Waals surface area contributed by atoms with Gasteiger partial charge in [0.2, 0.25) is 0 Å². The lowest BCUT2D eigenvalue weighted by Gasteiger charge is -2.04. The summed E-state index contributed by atoms with van der Waals surface area (Å²) in [4.78, 5) is 15.7. The molecule has 0 aromatic carbocycles. The van der Waals surface area contributed by atoms with Gasteiger partial charge < -0.3 is 0 Å². The van der Waals surface area contributed by atoms with Crippen molar-refractivity contribution in [1.29, 1.82) is 0 Å². The first-order valence-corrected chi connectivity index (χ1v) is 2.43. The lowest BCUT2D eigenvalue weighted by Crippen LogP contribution is -2.18. The van der Waals surface area contributed by atoms with Gasteiger partial charge in [-0.3, -0.25) is 15.4 Å². The van der Waals surface area contributed by atoms with Gasteiger partial charge in [-0.05, 0) is 0 Å². The Hall–Kier alpha value is -1.40. The van der Waals surface area contributed by atoms with E-state index in [1.807, 2.05) is 0 Å². The second kappa shape index (κ2) is 2.46. The fraction of sp³-hybridized carbons (Fsp3) is 0. The van der Waals surface area contributed by atoms with Crippen LogP contribution in [0.1, 0.15) is 0 Å². The quantitative estimate of drug-likeness (QED) is 0.455. The molecule has 0 bridgehead atoms. The molecule has 0 radical (unpaired) electrons. The number of H-pyrrole nitrogens is 1. The molecular weight excluding hydrogens is 138 g/mol. The van der Waals surface area contributed by atoms with Gasteiger partial charge >= 0.3 is 5.69 Å². The summed E-state index contributed by atoms with van der Waals surface area (Å²) in [5.74, 6) is -0.125. The maximum Gasteiger partial charge on any atom is 0.346 e. The summed E-state index contributed by atoms with van der Waals surface area (Å²) in [7, 11) is 0. The van der Waals surface area contributed by atoms with Crippen LogP contribution in [-0.4, -0.2) is 20.4 Å². The Morgan fingerprint density at radius 2 is 2.30 bits per heavy atom. The Balaban J connectivity index is 3.07. The molecule has 0 fully saturated rings. The second-order valence-electron chi connectivity index (χ2n) is 1.55. The van der Waals surface area contributed by atoms with Crippen LogP contribution in [0.5, 0.6) is 0 Å². The maximum atomic E-state index is 10.4. The number of aromatic nitrogens is 2. The summed E-state index contributed by atoms with van der Waals surface area (Å²) >= 11 is 0. The lowest BCUT2D eigenvalue weighted by atomic mass is 10.6. The number of aromatic amines is 1. The van der Waals surface area contributed by atoms with Crippen LogP contribution in [0.3, 0.4) is 0 Å². The molecular formula is C4H5N3O3. The van der Waals surface area contributed by atoms with Crippen LogP contribution in [0.2, 0.25) is 0 Å². The van der Waals surface area contributed by atoms with E-state index in [1.165, 1.54) is 6.07 Å². The summed E-state index contributed by atoms with van der Waals surface area (Å²) in [6.07, 6.45) is 1.16. The van der Waals surface area contributed by atoms with E-state index in [4.69, 9.17) is 10.4 Å². The molecule has 3 N–H and O–H groups in total. The van der Waals surface area contributed by atoms with Crippen LogP contribution >= 0.6 is 0 Å². The van der Waals surface area contributed by atoms with Crippen molar-refractivity contribution in [3.63, 3.8) is 0 Å². The molecule has 0 unspecified atom stereocenters. The fourth-order valence-corrected chi connectivity index (χ4v) is 0.476. The van der Waals surface area contributed by atoms with E-state index in [2.05, 4.69) is 9.97 Å². The lowest BCUT2D eigenvalue weighted by molar-refractivity contribution is 0.0265. The average molecular weight is 143 g/mol. The molecule has 0 saturated heterocycles. The predicted molar refractivity (Wildman–Crippen MR) is 30.9 cm³/mol. The molecule has 0 aliphatic rings. The van der Waals surface area contributed by atoms with Gasteiger partial charge in [0, 0.05) is 12.3 Å². The van der Waals surface area contributed by atoms with Crippen LogP contribution < -0.4 is 10.9 Å². The molecule has 10 heavy (non-hydrogen) atoms. The number of hydrogen-bond donors (Lipinski definition) is 3. The van der Waals surface area contributed by atoms with Crippen LogP contribution in [0.4, 0.5) is 5.82 Å². The van der Waals surface area contributed by atoms with Crippen LogP contribution in [0.25, 0.3) is 0 Å². The third kappa shape index (κ3) is 1.30. The van der Waals surface area contributed by atoms with Gasteiger partial charge in [0.05, 0.1) is 0 Å². The van der Waals surface area contributed by atoms with Gasteiger partial charge in [0.15, 0.2) is 5.82 Å². The number of anilines is 1. The average Bonchev–Trinajstić information content (AvgIpc) is 1.88. The van der Waals surface area contributed by atoms with Gasteiger partial charge in [-0.15, -0.1) is 5.23 Å². The molecule has 1 rings (SSSR count). The van der Waals surface area contributed by atoms with Crippen molar-refractivity contribution in [2.75, 3.05) is 5.23 Å². The topological polar surface area (TPSA) is 89.5 Å². The minimum absolute atomic E-state index is 0.125. The predicted octanol–water partition coefficient (Wildman–Crippen LogP) is -0.645. The molecule has 1 aromatic heterocycles. The molecule has 0 saturated carbocycles. The summed E-state index contributed by atoms with van der Waals surface area (Å²) in [5.41, 5.74) is -0.634. The molecule has 54 valence electrons. The van der Waals surface area contributed by atoms with Gasteiger partial charge in [-0.2, -0.15) is 0 Å². The standard InChI is InChI=1S/C4H5N3O3/c8-4-5-2-1-3(6-4)7(9)10/h1-2,9-10H,(H,5,6,8). The van der Waals surface area contributed by atoms with Crippen molar-refractivity contribution < 1.29 is 10.4 Å². The van der Waals surface area contributed by atoms with Crippen LogP contribution in [-0.2, 0) is 0 Å². The molecule has 6 nitrogen and oxygen atoms in total. The third-order valence-corrected chi connectivity index (χ3v) is 0.875. The highest BCUT2D eigenvalue weighted by atomic mass is 16.8. The number of hydrogen-bond acceptors (Lipinski definition) is 5. The number of nitrogens with zero attached hydrogens (tertiary/aromatic N) is 2. The highest BCUT2D eigenvalue weighted by Crippen LogP contribution is 1.97. The largest absolute Gasteiger partial charge is 0.346 e. The summed E-state index contributed by atoms with van der Waals surface area (Å²) in [6, 6.07) is 1.24. The minimum atomic E-state index is -0.634. The molecule has 0 atom stereocenters. The van der Waals surface area contributed by atoms with E-state index in [-0.39, 0.29) is 11.0 Å². The molecule has 6 heteroatoms. The first kappa shape index (κ1) is 6.72. The smallest absolute Gasteiger partial charge is 0.288 e. The molecule has 1 aromatic rings. The van der Waals surface area contributed by atoms with E-state index in [0.29, 0.717) is 0 Å². The zero-order valence-corrected chi connectivity index (χ0v) is 4.85. The second-order valence-corrected chi connectivity index (χ2v) is 1.55. The Labute approximate surface area is 55.3 Å². The highest BCUT2D eigenvalue weighted by Gasteiger charge is 1.96. The summed E-state index contributed by atoms with van der Waals surface area (Å²) in [5, 5.41) is 16.5. The Morgan fingerprint density at radius 1 is 1.60 bits per heavy atom. The fourth-order valence-electron chi connectivity index (χ4n) is 0.476.